The third-order valence-corrected chi connectivity index (χ3v) is 3.45. The monoisotopic (exact) mass is 291 g/mol. The third kappa shape index (κ3) is 3.06. The van der Waals surface area contributed by atoms with Gasteiger partial charge in [0, 0.05) is 0 Å². The highest BCUT2D eigenvalue weighted by molar-refractivity contribution is 7.80. The number of thiocarbonyl (C=S) groups is 1. The fourth-order valence-electron chi connectivity index (χ4n) is 1.73. The van der Waals surface area contributed by atoms with E-state index in [0.717, 1.165) is 11.3 Å². The molecule has 98 valence electrons. The zero-order valence-corrected chi connectivity index (χ0v) is 12.3. The molecule has 0 radical (unpaired) electrons. The number of halogens is 1. The lowest BCUT2D eigenvalue weighted by molar-refractivity contribution is 0.481. The Bertz CT molecular complexity index is 640. The summed E-state index contributed by atoms with van der Waals surface area (Å²) in [6, 6.07) is 11.2. The minimum atomic E-state index is 0.226. The molecule has 0 aliphatic carbocycles. The Morgan fingerprint density at radius 2 is 1.89 bits per heavy atom. The van der Waals surface area contributed by atoms with E-state index >= 15 is 0 Å². The van der Waals surface area contributed by atoms with Crippen LogP contribution in [0.3, 0.4) is 0 Å². The van der Waals surface area contributed by atoms with Crippen LogP contribution in [-0.2, 0) is 0 Å². The lowest BCUT2D eigenvalue weighted by Gasteiger charge is -2.12. The number of rotatable bonds is 3. The van der Waals surface area contributed by atoms with Crippen molar-refractivity contribution < 1.29 is 4.74 Å². The molecule has 0 amide bonds. The van der Waals surface area contributed by atoms with Gasteiger partial charge in [-0.2, -0.15) is 0 Å². The molecule has 2 aromatic carbocycles. The average Bonchev–Trinajstić information content (AvgIpc) is 2.33. The summed E-state index contributed by atoms with van der Waals surface area (Å²) in [6.07, 6.45) is 0. The molecule has 0 heterocycles. The largest absolute Gasteiger partial charge is 0.457 e. The van der Waals surface area contributed by atoms with E-state index in [4.69, 9.17) is 34.3 Å². The van der Waals surface area contributed by atoms with Crippen molar-refractivity contribution in [3.63, 3.8) is 0 Å². The first-order valence-electron chi connectivity index (χ1n) is 5.82. The number of hydrogen-bond donors (Lipinski definition) is 1. The standard InChI is InChI=1S/C15H14ClNOS/c1-9-6-7-11(8-10(9)2)18-13-5-3-4-12(16)14(13)15(17)19/h3-8H,1-2H3,(H2,17,19). The highest BCUT2D eigenvalue weighted by Crippen LogP contribution is 2.31. The Balaban J connectivity index is 2.40. The van der Waals surface area contributed by atoms with Gasteiger partial charge in [0.05, 0.1) is 10.6 Å². The van der Waals surface area contributed by atoms with Crippen molar-refractivity contribution in [2.24, 2.45) is 5.73 Å². The molecule has 19 heavy (non-hydrogen) atoms. The second-order valence-electron chi connectivity index (χ2n) is 4.33. The number of nitrogens with two attached hydrogens (primary N) is 1. The topological polar surface area (TPSA) is 35.2 Å². The fourth-order valence-corrected chi connectivity index (χ4v) is 2.27. The van der Waals surface area contributed by atoms with Crippen molar-refractivity contribution >= 4 is 28.8 Å². The van der Waals surface area contributed by atoms with Crippen LogP contribution in [0.15, 0.2) is 36.4 Å². The van der Waals surface area contributed by atoms with Crippen LogP contribution < -0.4 is 10.5 Å². The molecule has 4 heteroatoms. The zero-order valence-electron chi connectivity index (χ0n) is 10.7. The first kappa shape index (κ1) is 13.8. The lowest BCUT2D eigenvalue weighted by Crippen LogP contribution is -2.11. The number of hydrogen-bond acceptors (Lipinski definition) is 2. The van der Waals surface area contributed by atoms with Crippen molar-refractivity contribution in [2.75, 3.05) is 0 Å². The Morgan fingerprint density at radius 3 is 2.53 bits per heavy atom. The van der Waals surface area contributed by atoms with Gasteiger partial charge in [-0.05, 0) is 49.2 Å². The van der Waals surface area contributed by atoms with Gasteiger partial charge in [0.1, 0.15) is 16.5 Å². The first-order valence-corrected chi connectivity index (χ1v) is 6.61. The number of benzene rings is 2. The van der Waals surface area contributed by atoms with Crippen LogP contribution in [0.2, 0.25) is 5.02 Å². The third-order valence-electron chi connectivity index (χ3n) is 2.93. The minimum absolute atomic E-state index is 0.226. The van der Waals surface area contributed by atoms with E-state index in [1.54, 1.807) is 18.2 Å². The molecule has 2 aromatic rings. The van der Waals surface area contributed by atoms with Gasteiger partial charge >= 0.3 is 0 Å². The average molecular weight is 292 g/mol. The maximum absolute atomic E-state index is 6.10. The van der Waals surface area contributed by atoms with Crippen LogP contribution in [-0.4, -0.2) is 4.99 Å². The fraction of sp³-hybridized carbons (Fsp3) is 0.133. The highest BCUT2D eigenvalue weighted by atomic mass is 35.5. The predicted octanol–water partition coefficient (Wildman–Crippen LogP) is 4.38. The molecule has 0 aliphatic rings. The summed E-state index contributed by atoms with van der Waals surface area (Å²) in [5.41, 5.74) is 8.64. The molecule has 2 N–H and O–H groups in total. The predicted molar refractivity (Wildman–Crippen MR) is 83.3 cm³/mol. The second-order valence-corrected chi connectivity index (χ2v) is 5.17. The maximum Gasteiger partial charge on any atom is 0.139 e. The summed E-state index contributed by atoms with van der Waals surface area (Å²) in [6.45, 7) is 4.09. The number of ether oxygens (including phenoxy) is 1. The Kier molecular flexibility index (Phi) is 4.08. The van der Waals surface area contributed by atoms with Gasteiger partial charge in [0.15, 0.2) is 0 Å². The van der Waals surface area contributed by atoms with Crippen LogP contribution >= 0.6 is 23.8 Å². The summed E-state index contributed by atoms with van der Waals surface area (Å²) in [5, 5.41) is 0.494. The molecule has 0 saturated heterocycles. The minimum Gasteiger partial charge on any atom is -0.457 e. The van der Waals surface area contributed by atoms with Crippen LogP contribution in [0.1, 0.15) is 16.7 Å². The molecule has 0 saturated carbocycles. The Labute approximate surface area is 123 Å². The Morgan fingerprint density at radius 1 is 1.16 bits per heavy atom. The van der Waals surface area contributed by atoms with E-state index in [9.17, 15) is 0 Å². The quantitative estimate of drug-likeness (QED) is 0.852. The molecule has 0 spiro atoms. The molecule has 0 bridgehead atoms. The first-order chi connectivity index (χ1) is 8.99. The van der Waals surface area contributed by atoms with E-state index in [0.29, 0.717) is 16.3 Å². The lowest BCUT2D eigenvalue weighted by atomic mass is 10.1. The van der Waals surface area contributed by atoms with Crippen molar-refractivity contribution in [2.45, 2.75) is 13.8 Å². The van der Waals surface area contributed by atoms with Gasteiger partial charge in [-0.25, -0.2) is 0 Å². The van der Waals surface area contributed by atoms with Crippen LogP contribution in [0.25, 0.3) is 0 Å². The van der Waals surface area contributed by atoms with Gasteiger partial charge in [-0.15, -0.1) is 0 Å². The molecule has 0 unspecified atom stereocenters. The summed E-state index contributed by atoms with van der Waals surface area (Å²) in [5.74, 6) is 1.31. The van der Waals surface area contributed by atoms with Gasteiger partial charge in [0.2, 0.25) is 0 Å². The van der Waals surface area contributed by atoms with Crippen LogP contribution in [0, 0.1) is 13.8 Å². The normalized spacial score (nSPS) is 10.3. The van der Waals surface area contributed by atoms with Crippen LogP contribution in [0.5, 0.6) is 11.5 Å². The zero-order chi connectivity index (χ0) is 14.0. The maximum atomic E-state index is 6.10. The van der Waals surface area contributed by atoms with Crippen molar-refractivity contribution in [1.29, 1.82) is 0 Å². The van der Waals surface area contributed by atoms with E-state index in [2.05, 4.69) is 6.92 Å². The summed E-state index contributed by atoms with van der Waals surface area (Å²) >= 11 is 11.1. The molecular formula is C15H14ClNOS. The van der Waals surface area contributed by atoms with Gasteiger partial charge in [-0.3, -0.25) is 0 Å². The molecule has 2 rings (SSSR count). The van der Waals surface area contributed by atoms with Crippen molar-refractivity contribution in [3.8, 4) is 11.5 Å². The van der Waals surface area contributed by atoms with Gasteiger partial charge in [-0.1, -0.05) is 36.0 Å². The van der Waals surface area contributed by atoms with Crippen LogP contribution in [0.4, 0.5) is 0 Å². The SMILES string of the molecule is Cc1ccc(Oc2cccc(Cl)c2C(N)=S)cc1C. The second kappa shape index (κ2) is 5.59. The van der Waals surface area contributed by atoms with E-state index in [1.807, 2.05) is 25.1 Å². The summed E-state index contributed by atoms with van der Waals surface area (Å²) in [4.78, 5) is 0.226. The van der Waals surface area contributed by atoms with E-state index in [1.165, 1.54) is 5.56 Å². The molecular weight excluding hydrogens is 278 g/mol. The molecule has 0 fully saturated rings. The van der Waals surface area contributed by atoms with Gasteiger partial charge in [0.25, 0.3) is 0 Å². The van der Waals surface area contributed by atoms with E-state index < -0.39 is 0 Å². The smallest absolute Gasteiger partial charge is 0.139 e. The highest BCUT2D eigenvalue weighted by Gasteiger charge is 2.11. The van der Waals surface area contributed by atoms with Crippen molar-refractivity contribution in [3.05, 3.63) is 58.1 Å². The molecule has 0 aromatic heterocycles. The van der Waals surface area contributed by atoms with Crippen molar-refractivity contribution in [1.82, 2.24) is 0 Å². The number of aryl methyl sites for hydroxylation is 2. The molecule has 0 aliphatic heterocycles. The Hall–Kier alpha value is -1.58. The molecule has 2 nitrogen and oxygen atoms in total. The summed E-state index contributed by atoms with van der Waals surface area (Å²) in [7, 11) is 0. The van der Waals surface area contributed by atoms with E-state index in [-0.39, 0.29) is 4.99 Å². The summed E-state index contributed by atoms with van der Waals surface area (Å²) < 4.78 is 5.84. The van der Waals surface area contributed by atoms with Gasteiger partial charge < -0.3 is 10.5 Å². The molecule has 0 atom stereocenters.